The molecule has 3 heterocycles. The summed E-state index contributed by atoms with van der Waals surface area (Å²) in [5.41, 5.74) is 3.94. The van der Waals surface area contributed by atoms with Gasteiger partial charge in [-0.1, -0.05) is 13.8 Å². The molecule has 0 atom stereocenters. The van der Waals surface area contributed by atoms with Crippen LogP contribution in [0.15, 0.2) is 42.9 Å². The Morgan fingerprint density at radius 1 is 1.14 bits per heavy atom. The molecule has 3 aromatic rings. The lowest BCUT2D eigenvalue weighted by molar-refractivity contribution is 0.506. The van der Waals surface area contributed by atoms with Crippen LogP contribution in [-0.2, 0) is 23.2 Å². The maximum atomic E-state index is 11.9. The summed E-state index contributed by atoms with van der Waals surface area (Å²) in [7, 11) is -0.391. The highest BCUT2D eigenvalue weighted by molar-refractivity contribution is 7.87. The Hall–Kier alpha value is -2.29. The normalized spacial score (nSPS) is 12.4. The van der Waals surface area contributed by atoms with Gasteiger partial charge in [-0.25, -0.2) is 9.71 Å². The Morgan fingerprint density at radius 2 is 1.86 bits per heavy atom. The van der Waals surface area contributed by atoms with Gasteiger partial charge in [-0.15, -0.1) is 0 Å². The first-order chi connectivity index (χ1) is 13.3. The molecule has 0 aliphatic heterocycles. The molecule has 0 aromatic carbocycles. The fourth-order valence-electron chi connectivity index (χ4n) is 3.10. The maximum Gasteiger partial charge on any atom is 0.278 e. The van der Waals surface area contributed by atoms with Crippen LogP contribution < -0.4 is 4.72 Å². The zero-order valence-electron chi connectivity index (χ0n) is 16.8. The second-order valence-corrected chi connectivity index (χ2v) is 9.40. The molecule has 0 radical (unpaired) electrons. The predicted molar refractivity (Wildman–Crippen MR) is 112 cm³/mol. The zero-order chi connectivity index (χ0) is 20.3. The minimum absolute atomic E-state index is 0.341. The van der Waals surface area contributed by atoms with E-state index in [2.05, 4.69) is 40.4 Å². The molecule has 0 saturated heterocycles. The van der Waals surface area contributed by atoms with Crippen molar-refractivity contribution in [1.82, 2.24) is 23.6 Å². The van der Waals surface area contributed by atoms with Gasteiger partial charge in [-0.2, -0.15) is 12.7 Å². The molecular formula is C20H27N5O2S. The van der Waals surface area contributed by atoms with Crippen LogP contribution in [0.2, 0.25) is 0 Å². The Morgan fingerprint density at radius 3 is 2.50 bits per heavy atom. The van der Waals surface area contributed by atoms with Gasteiger partial charge >= 0.3 is 0 Å². The van der Waals surface area contributed by atoms with E-state index in [1.54, 1.807) is 12.4 Å². The van der Waals surface area contributed by atoms with Crippen molar-refractivity contribution in [1.29, 1.82) is 0 Å². The quantitative estimate of drug-likeness (QED) is 0.629. The molecule has 0 amide bonds. The highest BCUT2D eigenvalue weighted by Gasteiger charge is 2.15. The van der Waals surface area contributed by atoms with Gasteiger partial charge in [0.05, 0.1) is 5.69 Å². The molecule has 0 saturated carbocycles. The van der Waals surface area contributed by atoms with Crippen molar-refractivity contribution in [3.8, 4) is 11.3 Å². The smallest absolute Gasteiger partial charge is 0.278 e. The summed E-state index contributed by atoms with van der Waals surface area (Å²) < 4.78 is 29.8. The molecule has 150 valence electrons. The first-order valence-corrected chi connectivity index (χ1v) is 10.8. The fourth-order valence-corrected chi connectivity index (χ4v) is 3.71. The van der Waals surface area contributed by atoms with E-state index in [0.29, 0.717) is 18.9 Å². The molecule has 1 N–H and O–H groups in total. The summed E-state index contributed by atoms with van der Waals surface area (Å²) in [5, 5.41) is 1.06. The van der Waals surface area contributed by atoms with E-state index < -0.39 is 10.2 Å². The van der Waals surface area contributed by atoms with E-state index in [-0.39, 0.29) is 0 Å². The maximum absolute atomic E-state index is 11.9. The SMILES string of the molecule is CC(C)Cn1cc(CCNS(=O)(=O)N(C)C)c2ccc(-c3ccncc3)nc21. The van der Waals surface area contributed by atoms with Gasteiger partial charge < -0.3 is 4.57 Å². The van der Waals surface area contributed by atoms with E-state index in [1.807, 2.05) is 18.2 Å². The molecular weight excluding hydrogens is 374 g/mol. The number of hydrogen-bond acceptors (Lipinski definition) is 4. The number of hydrogen-bond donors (Lipinski definition) is 1. The molecule has 0 spiro atoms. The lowest BCUT2D eigenvalue weighted by Gasteiger charge is -2.11. The minimum atomic E-state index is -3.42. The second-order valence-electron chi connectivity index (χ2n) is 7.44. The van der Waals surface area contributed by atoms with Crippen LogP contribution in [0.1, 0.15) is 19.4 Å². The summed E-state index contributed by atoms with van der Waals surface area (Å²) >= 11 is 0. The highest BCUT2D eigenvalue weighted by atomic mass is 32.2. The van der Waals surface area contributed by atoms with Crippen LogP contribution in [0.4, 0.5) is 0 Å². The van der Waals surface area contributed by atoms with E-state index in [0.717, 1.165) is 34.4 Å². The van der Waals surface area contributed by atoms with E-state index in [1.165, 1.54) is 18.4 Å². The first-order valence-electron chi connectivity index (χ1n) is 9.34. The van der Waals surface area contributed by atoms with Crippen molar-refractivity contribution in [2.24, 2.45) is 5.92 Å². The Labute approximate surface area is 166 Å². The fraction of sp³-hybridized carbons (Fsp3) is 0.400. The average Bonchev–Trinajstić information content (AvgIpc) is 2.98. The minimum Gasteiger partial charge on any atom is -0.332 e. The number of nitrogens with one attached hydrogen (secondary N) is 1. The molecule has 7 nitrogen and oxygen atoms in total. The number of aromatic nitrogens is 3. The van der Waals surface area contributed by atoms with Crippen LogP contribution in [0.25, 0.3) is 22.3 Å². The van der Waals surface area contributed by atoms with E-state index in [9.17, 15) is 8.42 Å². The third-order valence-electron chi connectivity index (χ3n) is 4.50. The second kappa shape index (κ2) is 8.38. The standard InChI is InChI=1S/C20H27N5O2S/c1-15(2)13-25-14-17(9-12-22-28(26,27)24(3)4)18-5-6-19(23-20(18)25)16-7-10-21-11-8-16/h5-8,10-11,14-15,22H,9,12-13H2,1-4H3. The number of fused-ring (bicyclic) bond motifs is 1. The van der Waals surface area contributed by atoms with Crippen molar-refractivity contribution in [2.75, 3.05) is 20.6 Å². The molecule has 0 bridgehead atoms. The topological polar surface area (TPSA) is 80.1 Å². The Balaban J connectivity index is 1.93. The Kier molecular flexibility index (Phi) is 6.12. The van der Waals surface area contributed by atoms with Gasteiger partial charge in [0.1, 0.15) is 5.65 Å². The third-order valence-corrected chi connectivity index (χ3v) is 6.03. The van der Waals surface area contributed by atoms with Crippen LogP contribution in [-0.4, -0.2) is 47.9 Å². The number of nitrogens with zero attached hydrogens (tertiary/aromatic N) is 4. The molecule has 0 aliphatic rings. The molecule has 8 heteroatoms. The van der Waals surface area contributed by atoms with Crippen molar-refractivity contribution in [3.05, 3.63) is 48.4 Å². The summed E-state index contributed by atoms with van der Waals surface area (Å²) in [6, 6.07) is 7.97. The summed E-state index contributed by atoms with van der Waals surface area (Å²) in [5.74, 6) is 0.474. The summed E-state index contributed by atoms with van der Waals surface area (Å²) in [4.78, 5) is 8.96. The van der Waals surface area contributed by atoms with Gasteiger partial charge in [-0.3, -0.25) is 4.98 Å². The van der Waals surface area contributed by atoms with Crippen LogP contribution in [0.3, 0.4) is 0 Å². The molecule has 28 heavy (non-hydrogen) atoms. The van der Waals surface area contributed by atoms with Gasteiger partial charge in [0, 0.05) is 56.7 Å². The zero-order valence-corrected chi connectivity index (χ0v) is 17.6. The van der Waals surface area contributed by atoms with E-state index in [4.69, 9.17) is 4.98 Å². The monoisotopic (exact) mass is 401 g/mol. The summed E-state index contributed by atoms with van der Waals surface area (Å²) in [6.07, 6.45) is 6.22. The largest absolute Gasteiger partial charge is 0.332 e. The molecule has 3 rings (SSSR count). The third kappa shape index (κ3) is 4.57. The van der Waals surface area contributed by atoms with Crippen molar-refractivity contribution >= 4 is 21.2 Å². The molecule has 3 aromatic heterocycles. The lowest BCUT2D eigenvalue weighted by Crippen LogP contribution is -2.36. The lowest BCUT2D eigenvalue weighted by atomic mass is 10.1. The Bertz CT molecular complexity index is 1040. The van der Waals surface area contributed by atoms with E-state index >= 15 is 0 Å². The van der Waals surface area contributed by atoms with Crippen molar-refractivity contribution in [2.45, 2.75) is 26.8 Å². The van der Waals surface area contributed by atoms with Gasteiger partial charge in [0.15, 0.2) is 0 Å². The van der Waals surface area contributed by atoms with Crippen LogP contribution >= 0.6 is 0 Å². The van der Waals surface area contributed by atoms with Crippen molar-refractivity contribution < 1.29 is 8.42 Å². The molecule has 0 unspecified atom stereocenters. The van der Waals surface area contributed by atoms with Gasteiger partial charge in [0.2, 0.25) is 0 Å². The predicted octanol–water partition coefficient (Wildman–Crippen LogP) is 2.69. The van der Waals surface area contributed by atoms with Crippen LogP contribution in [0, 0.1) is 5.92 Å². The van der Waals surface area contributed by atoms with Gasteiger partial charge in [-0.05, 0) is 42.2 Å². The van der Waals surface area contributed by atoms with Crippen LogP contribution in [0.5, 0.6) is 0 Å². The number of pyridine rings is 2. The molecule has 0 fully saturated rings. The molecule has 0 aliphatic carbocycles. The average molecular weight is 402 g/mol. The van der Waals surface area contributed by atoms with Crippen molar-refractivity contribution in [3.63, 3.8) is 0 Å². The summed E-state index contributed by atoms with van der Waals surface area (Å²) in [6.45, 7) is 5.53. The number of rotatable bonds is 8. The van der Waals surface area contributed by atoms with Gasteiger partial charge in [0.25, 0.3) is 10.2 Å². The first kappa shape index (κ1) is 20.4. The highest BCUT2D eigenvalue weighted by Crippen LogP contribution is 2.25.